The second kappa shape index (κ2) is 5.02. The van der Waals surface area contributed by atoms with Gasteiger partial charge in [-0.2, -0.15) is 0 Å². The van der Waals surface area contributed by atoms with Crippen LogP contribution >= 0.6 is 23.2 Å². The first-order valence-corrected chi connectivity index (χ1v) is 4.66. The number of halogens is 2. The van der Waals surface area contributed by atoms with E-state index in [0.717, 1.165) is 12.2 Å². The van der Waals surface area contributed by atoms with Crippen molar-refractivity contribution < 1.29 is 19.1 Å². The summed E-state index contributed by atoms with van der Waals surface area (Å²) < 4.78 is 9.54. The number of carbonyl (C=O) groups is 2. The van der Waals surface area contributed by atoms with Gasteiger partial charge in [0.1, 0.15) is 0 Å². The van der Waals surface area contributed by atoms with Crippen molar-refractivity contribution in [1.82, 2.24) is 0 Å². The largest absolute Gasteiger partial charge is 0.470 e. The van der Waals surface area contributed by atoms with E-state index < -0.39 is 11.6 Å². The minimum atomic E-state index is -0.467. The molecule has 0 bridgehead atoms. The molecule has 0 aromatic heterocycles. The molecule has 0 spiro atoms. The summed E-state index contributed by atoms with van der Waals surface area (Å²) in [6.45, 7) is 0. The molecular formula is C8H6Cl2O4. The topological polar surface area (TPSA) is 52.6 Å². The van der Waals surface area contributed by atoms with E-state index in [9.17, 15) is 9.59 Å². The normalized spacial score (nSPS) is 16.1. The maximum absolute atomic E-state index is 11.2. The van der Waals surface area contributed by atoms with E-state index in [2.05, 4.69) is 0 Å². The summed E-state index contributed by atoms with van der Waals surface area (Å²) in [6.07, 6.45) is 2.18. The Hall–Kier alpha value is -1.00. The third kappa shape index (κ3) is 2.27. The van der Waals surface area contributed by atoms with E-state index in [1.54, 1.807) is 0 Å². The minimum absolute atomic E-state index is 0.201. The molecule has 1 rings (SSSR count). The quantitative estimate of drug-likeness (QED) is 0.546. The molecule has 14 heavy (non-hydrogen) atoms. The maximum atomic E-state index is 11.2. The Morgan fingerprint density at radius 1 is 0.929 bits per heavy atom. The number of hydrogen-bond donors (Lipinski definition) is 0. The molecular weight excluding hydrogens is 231 g/mol. The zero-order chi connectivity index (χ0) is 10.6. The first-order valence-electron chi connectivity index (χ1n) is 3.59. The van der Waals surface area contributed by atoms with Gasteiger partial charge in [0, 0.05) is 0 Å². The van der Waals surface area contributed by atoms with Crippen LogP contribution in [-0.4, -0.2) is 23.7 Å². The molecule has 6 heteroatoms. The average molecular weight is 237 g/mol. The second-order valence-electron chi connectivity index (χ2n) is 2.23. The van der Waals surface area contributed by atoms with Crippen LogP contribution in [0.5, 0.6) is 0 Å². The summed E-state index contributed by atoms with van der Waals surface area (Å²) in [6, 6.07) is -0.478. The van der Waals surface area contributed by atoms with Crippen LogP contribution in [0.3, 0.4) is 0 Å². The molecule has 0 aromatic carbocycles. The number of allylic oxidation sites excluding steroid dienone is 2. The molecule has 0 N–H and O–H groups in total. The van der Waals surface area contributed by atoms with Gasteiger partial charge in [0.2, 0.25) is 23.1 Å². The summed E-state index contributed by atoms with van der Waals surface area (Å²) >= 11 is 10.6. The molecule has 0 aliphatic heterocycles. The number of hydrogen-bond acceptors (Lipinski definition) is 4. The lowest BCUT2D eigenvalue weighted by Gasteiger charge is -2.13. The van der Waals surface area contributed by atoms with Crippen LogP contribution in [0.4, 0.5) is 0 Å². The fourth-order valence-corrected chi connectivity index (χ4v) is 1.13. The molecule has 4 nitrogen and oxygen atoms in total. The third-order valence-corrected chi connectivity index (χ3v) is 1.66. The fourth-order valence-electron chi connectivity index (χ4n) is 0.909. The molecule has 0 aromatic rings. The van der Waals surface area contributed by atoms with E-state index in [4.69, 9.17) is 32.7 Å². The number of ketones is 2. The number of carbonyl (C=O) groups excluding carboxylic acids is 2. The zero-order valence-electron chi connectivity index (χ0n) is 6.96. The second-order valence-corrected chi connectivity index (χ2v) is 2.66. The van der Waals surface area contributed by atoms with E-state index in [0.29, 0.717) is 0 Å². The Kier molecular flexibility index (Phi) is 3.98. The molecule has 1 aliphatic rings. The molecule has 0 fully saturated rings. The van der Waals surface area contributed by atoms with Gasteiger partial charge in [-0.25, -0.2) is 0 Å². The molecule has 0 saturated heterocycles. The van der Waals surface area contributed by atoms with E-state index in [-0.39, 0.29) is 23.7 Å². The highest BCUT2D eigenvalue weighted by Gasteiger charge is 2.25. The average Bonchev–Trinajstić information content (AvgIpc) is 2.17. The van der Waals surface area contributed by atoms with Gasteiger partial charge in [-0.1, -0.05) is 23.2 Å². The first-order chi connectivity index (χ1) is 6.70. The number of rotatable bonds is 4. The molecule has 0 heterocycles. The van der Waals surface area contributed by atoms with Crippen LogP contribution in [0.25, 0.3) is 0 Å². The summed E-state index contributed by atoms with van der Waals surface area (Å²) in [5.74, 6) is -1.34. The highest BCUT2D eigenvalue weighted by Crippen LogP contribution is 2.17. The van der Waals surface area contributed by atoms with Crippen LogP contribution in [-0.2, 0) is 19.1 Å². The van der Waals surface area contributed by atoms with Crippen molar-refractivity contribution in [2.75, 3.05) is 12.1 Å². The van der Waals surface area contributed by atoms with Gasteiger partial charge in [0.25, 0.3) is 0 Å². The Morgan fingerprint density at radius 2 is 1.29 bits per heavy atom. The molecule has 0 saturated carbocycles. The highest BCUT2D eigenvalue weighted by atomic mass is 35.5. The van der Waals surface area contributed by atoms with Gasteiger partial charge in [-0.05, 0) is 12.2 Å². The van der Waals surface area contributed by atoms with Gasteiger partial charge in [-0.15, -0.1) is 0 Å². The maximum Gasteiger partial charge on any atom is 0.224 e. The first kappa shape index (κ1) is 11.1. The predicted octanol–water partition coefficient (Wildman–Crippen LogP) is 1.33. The molecule has 0 unspecified atom stereocenters. The van der Waals surface area contributed by atoms with Crippen molar-refractivity contribution in [3.05, 3.63) is 23.7 Å². The van der Waals surface area contributed by atoms with Gasteiger partial charge < -0.3 is 9.47 Å². The van der Waals surface area contributed by atoms with Gasteiger partial charge in [0.15, 0.2) is 12.1 Å². The summed E-state index contributed by atoms with van der Waals surface area (Å²) in [4.78, 5) is 22.4. The van der Waals surface area contributed by atoms with E-state index >= 15 is 0 Å². The Balaban J connectivity index is 2.99. The van der Waals surface area contributed by atoms with Crippen LogP contribution in [0.2, 0.25) is 0 Å². The summed E-state index contributed by atoms with van der Waals surface area (Å²) in [7, 11) is 0. The SMILES string of the molecule is O=C1C=CC(=O)C(OCCl)=C1OCCl. The summed E-state index contributed by atoms with van der Waals surface area (Å²) in [5.41, 5.74) is 0. The Labute approximate surface area is 90.1 Å². The Morgan fingerprint density at radius 3 is 1.57 bits per heavy atom. The van der Waals surface area contributed by atoms with Crippen LogP contribution in [0.1, 0.15) is 0 Å². The Bertz CT molecular complexity index is 289. The van der Waals surface area contributed by atoms with E-state index in [1.807, 2.05) is 0 Å². The highest BCUT2D eigenvalue weighted by molar-refractivity contribution is 6.20. The van der Waals surface area contributed by atoms with Crippen molar-refractivity contribution in [3.8, 4) is 0 Å². The van der Waals surface area contributed by atoms with Gasteiger partial charge in [0.05, 0.1) is 0 Å². The third-order valence-electron chi connectivity index (χ3n) is 1.44. The van der Waals surface area contributed by atoms with Gasteiger partial charge >= 0.3 is 0 Å². The minimum Gasteiger partial charge on any atom is -0.470 e. The molecule has 0 amide bonds. The number of ether oxygens (including phenoxy) is 2. The molecule has 0 radical (unpaired) electrons. The van der Waals surface area contributed by atoms with Crippen molar-refractivity contribution in [1.29, 1.82) is 0 Å². The van der Waals surface area contributed by atoms with Crippen molar-refractivity contribution in [2.45, 2.75) is 0 Å². The summed E-state index contributed by atoms with van der Waals surface area (Å²) in [5, 5.41) is 0. The van der Waals surface area contributed by atoms with Crippen molar-refractivity contribution >= 4 is 34.8 Å². The van der Waals surface area contributed by atoms with E-state index in [1.165, 1.54) is 0 Å². The standard InChI is InChI=1S/C8H6Cl2O4/c9-3-13-7-5(11)1-2-6(12)8(7)14-4-10/h1-2H,3-4H2. The van der Waals surface area contributed by atoms with Crippen LogP contribution in [0.15, 0.2) is 23.7 Å². The predicted molar refractivity (Wildman–Crippen MR) is 49.8 cm³/mol. The molecule has 0 atom stereocenters. The lowest BCUT2D eigenvalue weighted by atomic mass is 10.1. The molecule has 76 valence electrons. The fraction of sp³-hybridized carbons (Fsp3) is 0.250. The smallest absolute Gasteiger partial charge is 0.224 e. The van der Waals surface area contributed by atoms with Crippen molar-refractivity contribution in [2.24, 2.45) is 0 Å². The zero-order valence-corrected chi connectivity index (χ0v) is 8.47. The molecule has 1 aliphatic carbocycles. The van der Waals surface area contributed by atoms with Crippen LogP contribution in [0, 0.1) is 0 Å². The number of alkyl halides is 2. The lowest BCUT2D eigenvalue weighted by Crippen LogP contribution is -2.18. The van der Waals surface area contributed by atoms with Crippen LogP contribution < -0.4 is 0 Å². The lowest BCUT2D eigenvalue weighted by molar-refractivity contribution is -0.120. The monoisotopic (exact) mass is 236 g/mol. The van der Waals surface area contributed by atoms with Crippen molar-refractivity contribution in [3.63, 3.8) is 0 Å². The van der Waals surface area contributed by atoms with Gasteiger partial charge in [-0.3, -0.25) is 9.59 Å².